The summed E-state index contributed by atoms with van der Waals surface area (Å²) >= 11 is 6.04. The molecule has 0 spiro atoms. The molecule has 17 heavy (non-hydrogen) atoms. The minimum absolute atomic E-state index is 0.214. The second kappa shape index (κ2) is 5.07. The molecule has 1 aromatic rings. The van der Waals surface area contributed by atoms with Gasteiger partial charge in [-0.1, -0.05) is 44.5 Å². The molecule has 0 saturated carbocycles. The van der Waals surface area contributed by atoms with Gasteiger partial charge in [-0.2, -0.15) is 0 Å². The Kier molecular flexibility index (Phi) is 4.17. The Morgan fingerprint density at radius 2 is 2.00 bits per heavy atom. The number of nitrogens with one attached hydrogen (secondary N) is 1. The molecule has 1 atom stereocenters. The number of halogens is 1. The van der Waals surface area contributed by atoms with Crippen molar-refractivity contribution in [1.82, 2.24) is 0 Å². The molecular formula is C13H19ClN2O. The smallest absolute Gasteiger partial charge is 0.241 e. The van der Waals surface area contributed by atoms with Crippen molar-refractivity contribution in [3.63, 3.8) is 0 Å². The molecule has 1 amide bonds. The monoisotopic (exact) mass is 254 g/mol. The van der Waals surface area contributed by atoms with Crippen LogP contribution in [0.3, 0.4) is 0 Å². The Morgan fingerprint density at radius 3 is 2.47 bits per heavy atom. The van der Waals surface area contributed by atoms with E-state index in [2.05, 4.69) is 5.32 Å². The minimum Gasteiger partial charge on any atom is -0.323 e. The van der Waals surface area contributed by atoms with Crippen LogP contribution in [-0.4, -0.2) is 11.9 Å². The summed E-state index contributed by atoms with van der Waals surface area (Å²) in [5.74, 6) is -0.214. The summed E-state index contributed by atoms with van der Waals surface area (Å²) < 4.78 is 0. The number of para-hydroxylation sites is 1. The SMILES string of the molecule is Cc1cccc(Cl)c1NC(=O)[C@H](N)C(C)(C)C. The molecule has 0 aliphatic carbocycles. The highest BCUT2D eigenvalue weighted by molar-refractivity contribution is 6.34. The third-order valence-corrected chi connectivity index (χ3v) is 3.00. The van der Waals surface area contributed by atoms with Crippen molar-refractivity contribution < 1.29 is 4.79 Å². The Morgan fingerprint density at radius 1 is 1.41 bits per heavy atom. The van der Waals surface area contributed by atoms with E-state index in [1.807, 2.05) is 39.8 Å². The second-order valence-electron chi connectivity index (χ2n) is 5.26. The molecule has 0 saturated heterocycles. The van der Waals surface area contributed by atoms with Gasteiger partial charge in [0.2, 0.25) is 5.91 Å². The van der Waals surface area contributed by atoms with E-state index < -0.39 is 6.04 Å². The van der Waals surface area contributed by atoms with Gasteiger partial charge in [0, 0.05) is 0 Å². The Balaban J connectivity index is 2.89. The Labute approximate surface area is 107 Å². The van der Waals surface area contributed by atoms with Crippen LogP contribution in [0.1, 0.15) is 26.3 Å². The van der Waals surface area contributed by atoms with Crippen molar-refractivity contribution in [2.45, 2.75) is 33.7 Å². The van der Waals surface area contributed by atoms with Gasteiger partial charge in [-0.25, -0.2) is 0 Å². The number of hydrogen-bond donors (Lipinski definition) is 2. The summed E-state index contributed by atoms with van der Waals surface area (Å²) in [7, 11) is 0. The molecule has 0 aliphatic heterocycles. The van der Waals surface area contributed by atoms with Crippen LogP contribution >= 0.6 is 11.6 Å². The van der Waals surface area contributed by atoms with Crippen molar-refractivity contribution >= 4 is 23.2 Å². The van der Waals surface area contributed by atoms with Crippen molar-refractivity contribution in [1.29, 1.82) is 0 Å². The molecule has 0 heterocycles. The third kappa shape index (κ3) is 3.45. The summed E-state index contributed by atoms with van der Waals surface area (Å²) in [6.07, 6.45) is 0. The van der Waals surface area contributed by atoms with Crippen molar-refractivity contribution in [3.05, 3.63) is 28.8 Å². The lowest BCUT2D eigenvalue weighted by Gasteiger charge is -2.26. The van der Waals surface area contributed by atoms with Gasteiger partial charge >= 0.3 is 0 Å². The van der Waals surface area contributed by atoms with Gasteiger partial charge < -0.3 is 11.1 Å². The lowest BCUT2D eigenvalue weighted by Crippen LogP contribution is -2.45. The molecule has 0 unspecified atom stereocenters. The summed E-state index contributed by atoms with van der Waals surface area (Å²) in [6, 6.07) is 4.91. The number of carbonyl (C=O) groups is 1. The number of amides is 1. The van der Waals surface area contributed by atoms with Crippen LogP contribution in [0.2, 0.25) is 5.02 Å². The first kappa shape index (κ1) is 14.0. The zero-order valence-corrected chi connectivity index (χ0v) is 11.4. The Bertz CT molecular complexity index is 404. The van der Waals surface area contributed by atoms with E-state index in [9.17, 15) is 4.79 Å². The van der Waals surface area contributed by atoms with E-state index in [0.717, 1.165) is 5.56 Å². The maximum Gasteiger partial charge on any atom is 0.241 e. The molecule has 0 aliphatic rings. The molecular weight excluding hydrogens is 236 g/mol. The molecule has 3 N–H and O–H groups in total. The van der Waals surface area contributed by atoms with Gasteiger partial charge in [0.1, 0.15) is 0 Å². The average Bonchev–Trinajstić information content (AvgIpc) is 2.21. The first-order chi connectivity index (χ1) is 7.73. The number of hydrogen-bond acceptors (Lipinski definition) is 2. The molecule has 1 rings (SSSR count). The largest absolute Gasteiger partial charge is 0.323 e. The maximum atomic E-state index is 12.0. The van der Waals surface area contributed by atoms with E-state index in [4.69, 9.17) is 17.3 Å². The highest BCUT2D eigenvalue weighted by Gasteiger charge is 2.27. The van der Waals surface area contributed by atoms with Gasteiger partial charge in [0.05, 0.1) is 16.8 Å². The molecule has 0 aromatic heterocycles. The first-order valence-electron chi connectivity index (χ1n) is 5.55. The predicted octanol–water partition coefficient (Wildman–Crippen LogP) is 2.96. The van der Waals surface area contributed by atoms with Gasteiger partial charge in [-0.15, -0.1) is 0 Å². The van der Waals surface area contributed by atoms with Crippen LogP contribution in [-0.2, 0) is 4.79 Å². The maximum absolute atomic E-state index is 12.0. The molecule has 94 valence electrons. The van der Waals surface area contributed by atoms with Crippen LogP contribution < -0.4 is 11.1 Å². The molecule has 0 bridgehead atoms. The molecule has 4 heteroatoms. The number of aryl methyl sites for hydroxylation is 1. The first-order valence-corrected chi connectivity index (χ1v) is 5.93. The predicted molar refractivity (Wildman–Crippen MR) is 72.2 cm³/mol. The lowest BCUT2D eigenvalue weighted by atomic mass is 9.87. The van der Waals surface area contributed by atoms with E-state index in [-0.39, 0.29) is 11.3 Å². The topological polar surface area (TPSA) is 55.1 Å². The fourth-order valence-corrected chi connectivity index (χ4v) is 1.65. The zero-order chi connectivity index (χ0) is 13.2. The highest BCUT2D eigenvalue weighted by atomic mass is 35.5. The van der Waals surface area contributed by atoms with Crippen LogP contribution in [0.15, 0.2) is 18.2 Å². The summed E-state index contributed by atoms with van der Waals surface area (Å²) in [4.78, 5) is 12.0. The molecule has 1 aromatic carbocycles. The van der Waals surface area contributed by atoms with Crippen LogP contribution in [0, 0.1) is 12.3 Å². The quantitative estimate of drug-likeness (QED) is 0.853. The van der Waals surface area contributed by atoms with Crippen molar-refractivity contribution in [2.75, 3.05) is 5.32 Å². The second-order valence-corrected chi connectivity index (χ2v) is 5.67. The normalized spacial score (nSPS) is 13.3. The van der Waals surface area contributed by atoms with Crippen LogP contribution in [0.5, 0.6) is 0 Å². The Hall–Kier alpha value is -1.06. The van der Waals surface area contributed by atoms with Gasteiger partial charge in [-0.05, 0) is 24.0 Å². The fraction of sp³-hybridized carbons (Fsp3) is 0.462. The van der Waals surface area contributed by atoms with E-state index in [0.29, 0.717) is 10.7 Å². The minimum atomic E-state index is -0.571. The van der Waals surface area contributed by atoms with Crippen molar-refractivity contribution in [2.24, 2.45) is 11.1 Å². The third-order valence-electron chi connectivity index (χ3n) is 2.69. The standard InChI is InChI=1S/C13H19ClN2O/c1-8-6-5-7-9(14)10(8)16-12(17)11(15)13(2,3)4/h5-7,11H,15H2,1-4H3,(H,16,17)/t11-/m0/s1. The van der Waals surface area contributed by atoms with E-state index in [1.54, 1.807) is 6.07 Å². The molecule has 3 nitrogen and oxygen atoms in total. The fourth-order valence-electron chi connectivity index (χ4n) is 1.38. The van der Waals surface area contributed by atoms with Gasteiger partial charge in [-0.3, -0.25) is 4.79 Å². The number of nitrogens with two attached hydrogens (primary N) is 1. The number of anilines is 1. The molecule has 0 fully saturated rings. The number of rotatable bonds is 2. The average molecular weight is 255 g/mol. The van der Waals surface area contributed by atoms with Crippen LogP contribution in [0.25, 0.3) is 0 Å². The van der Waals surface area contributed by atoms with Gasteiger partial charge in [0.15, 0.2) is 0 Å². The lowest BCUT2D eigenvalue weighted by molar-refractivity contribution is -0.119. The van der Waals surface area contributed by atoms with Crippen molar-refractivity contribution in [3.8, 4) is 0 Å². The van der Waals surface area contributed by atoms with E-state index in [1.165, 1.54) is 0 Å². The van der Waals surface area contributed by atoms with Crippen LogP contribution in [0.4, 0.5) is 5.69 Å². The highest BCUT2D eigenvalue weighted by Crippen LogP contribution is 2.26. The molecule has 0 radical (unpaired) electrons. The zero-order valence-electron chi connectivity index (χ0n) is 10.7. The summed E-state index contributed by atoms with van der Waals surface area (Å²) in [5.41, 5.74) is 7.17. The van der Waals surface area contributed by atoms with E-state index >= 15 is 0 Å². The summed E-state index contributed by atoms with van der Waals surface area (Å²) in [5, 5.41) is 3.32. The van der Waals surface area contributed by atoms with Gasteiger partial charge in [0.25, 0.3) is 0 Å². The number of benzene rings is 1. The number of carbonyl (C=O) groups excluding carboxylic acids is 1. The summed E-state index contributed by atoms with van der Waals surface area (Å²) in [6.45, 7) is 7.67.